The number of carbonyl (C=O) groups is 1. The number of carbonyl (C=O) groups excluding carboxylic acids is 1. The highest BCUT2D eigenvalue weighted by Gasteiger charge is 2.10. The number of nitrogens with zero attached hydrogens (tertiary/aromatic N) is 1. The fourth-order valence-corrected chi connectivity index (χ4v) is 1.21. The summed E-state index contributed by atoms with van der Waals surface area (Å²) in [6, 6.07) is 5.93. The molecule has 0 saturated carbocycles. The Morgan fingerprint density at radius 3 is 2.56 bits per heavy atom. The zero-order chi connectivity index (χ0) is 12.0. The van der Waals surface area contributed by atoms with Gasteiger partial charge in [-0.15, -0.1) is 0 Å². The van der Waals surface area contributed by atoms with E-state index >= 15 is 0 Å². The zero-order valence-corrected chi connectivity index (χ0v) is 9.31. The second kappa shape index (κ2) is 6.02. The van der Waals surface area contributed by atoms with E-state index < -0.39 is 0 Å². The summed E-state index contributed by atoms with van der Waals surface area (Å²) in [6.07, 6.45) is 3.05. The van der Waals surface area contributed by atoms with Crippen LogP contribution in [0.25, 0.3) is 0 Å². The Kier molecular flexibility index (Phi) is 4.66. The maximum Gasteiger partial charge on any atom is 0.270 e. The van der Waals surface area contributed by atoms with Crippen LogP contribution in [0.2, 0.25) is 0 Å². The third-order valence-corrected chi connectivity index (χ3v) is 2.01. The Balaban J connectivity index is 2.70. The molecule has 4 heteroatoms. The molecule has 0 spiro atoms. The van der Waals surface area contributed by atoms with Crippen molar-refractivity contribution in [3.63, 3.8) is 0 Å². The minimum absolute atomic E-state index is 0.241. The van der Waals surface area contributed by atoms with E-state index in [1.54, 1.807) is 25.1 Å². The van der Waals surface area contributed by atoms with E-state index in [2.05, 4.69) is 0 Å². The Morgan fingerprint density at radius 2 is 2.06 bits per heavy atom. The Bertz CT molecular complexity index is 373. The van der Waals surface area contributed by atoms with Gasteiger partial charge in [0.15, 0.2) is 0 Å². The summed E-state index contributed by atoms with van der Waals surface area (Å²) in [5, 5.41) is 1.20. The molecular formula is C12H14FNO2. The smallest absolute Gasteiger partial charge is 0.270 e. The monoisotopic (exact) mass is 223 g/mol. The highest BCUT2D eigenvalue weighted by atomic mass is 19.1. The molecular weight excluding hydrogens is 209 g/mol. The maximum atomic E-state index is 12.7. The lowest BCUT2D eigenvalue weighted by Crippen LogP contribution is -2.27. The molecule has 1 amide bonds. The molecule has 3 nitrogen and oxygen atoms in total. The quantitative estimate of drug-likeness (QED) is 0.579. The highest BCUT2D eigenvalue weighted by Crippen LogP contribution is 2.07. The first kappa shape index (κ1) is 12.4. The van der Waals surface area contributed by atoms with Gasteiger partial charge in [0, 0.05) is 6.08 Å². The zero-order valence-electron chi connectivity index (χ0n) is 9.31. The molecule has 86 valence electrons. The minimum Gasteiger partial charge on any atom is -0.274 e. The van der Waals surface area contributed by atoms with E-state index in [-0.39, 0.29) is 11.7 Å². The second-order valence-corrected chi connectivity index (χ2v) is 3.18. The summed E-state index contributed by atoms with van der Waals surface area (Å²) < 4.78 is 12.7. The Hall–Kier alpha value is -1.68. The molecule has 0 aromatic heterocycles. The molecule has 0 bridgehead atoms. The summed E-state index contributed by atoms with van der Waals surface area (Å²) in [5.41, 5.74) is 0.807. The van der Waals surface area contributed by atoms with Gasteiger partial charge in [0.1, 0.15) is 5.82 Å². The third kappa shape index (κ3) is 3.47. The van der Waals surface area contributed by atoms with E-state index in [4.69, 9.17) is 4.84 Å². The first-order valence-corrected chi connectivity index (χ1v) is 4.90. The van der Waals surface area contributed by atoms with Crippen LogP contribution in [0.4, 0.5) is 4.39 Å². The number of hydrogen-bond donors (Lipinski definition) is 0. The Morgan fingerprint density at radius 1 is 1.44 bits per heavy atom. The lowest BCUT2D eigenvalue weighted by atomic mass is 10.2. The molecule has 0 unspecified atom stereocenters. The maximum absolute atomic E-state index is 12.7. The number of hydroxylamine groups is 2. The average Bonchev–Trinajstić information content (AvgIpc) is 2.28. The van der Waals surface area contributed by atoms with Crippen molar-refractivity contribution in [3.05, 3.63) is 47.8 Å². The van der Waals surface area contributed by atoms with Gasteiger partial charge in [-0.05, 0) is 24.6 Å². The topological polar surface area (TPSA) is 29.5 Å². The Labute approximate surface area is 94.1 Å². The van der Waals surface area contributed by atoms with Crippen LogP contribution in [0, 0.1) is 5.82 Å². The normalized spacial score (nSPS) is 10.7. The molecule has 1 aromatic rings. The predicted octanol–water partition coefficient (Wildman–Crippen LogP) is 2.29. The van der Waals surface area contributed by atoms with Crippen LogP contribution in [0.15, 0.2) is 36.4 Å². The summed E-state index contributed by atoms with van der Waals surface area (Å²) >= 11 is 0. The van der Waals surface area contributed by atoms with Crippen molar-refractivity contribution < 1.29 is 14.0 Å². The van der Waals surface area contributed by atoms with Crippen LogP contribution in [0.5, 0.6) is 0 Å². The van der Waals surface area contributed by atoms with Crippen molar-refractivity contribution in [3.8, 4) is 0 Å². The molecule has 0 aliphatic carbocycles. The minimum atomic E-state index is -0.299. The molecule has 0 radical (unpaired) electrons. The van der Waals surface area contributed by atoms with Gasteiger partial charge in [-0.3, -0.25) is 9.63 Å². The van der Waals surface area contributed by atoms with Gasteiger partial charge < -0.3 is 0 Å². The first-order valence-electron chi connectivity index (χ1n) is 4.90. The summed E-state index contributed by atoms with van der Waals surface area (Å²) in [7, 11) is 1.42. The van der Waals surface area contributed by atoms with Crippen LogP contribution >= 0.6 is 0 Å². The van der Waals surface area contributed by atoms with Crippen molar-refractivity contribution in [1.29, 1.82) is 0 Å². The molecule has 0 fully saturated rings. The molecule has 0 N–H and O–H groups in total. The second-order valence-electron chi connectivity index (χ2n) is 3.18. The molecule has 0 aliphatic rings. The molecule has 1 rings (SSSR count). The standard InChI is InChI=1S/C12H14FNO2/c1-3-4-12(15)14(16-2)9-10-5-7-11(13)8-6-10/h3-8H,9H2,1-2H3. The summed E-state index contributed by atoms with van der Waals surface area (Å²) in [4.78, 5) is 16.4. The third-order valence-electron chi connectivity index (χ3n) is 2.01. The SMILES string of the molecule is CC=CC(=O)N(Cc1ccc(F)cc1)OC. The summed E-state index contributed by atoms with van der Waals surface area (Å²) in [5.74, 6) is -0.540. The lowest BCUT2D eigenvalue weighted by Gasteiger charge is -2.17. The number of allylic oxidation sites excluding steroid dienone is 1. The van der Waals surface area contributed by atoms with Gasteiger partial charge in [-0.2, -0.15) is 0 Å². The van der Waals surface area contributed by atoms with Crippen molar-refractivity contribution in [2.75, 3.05) is 7.11 Å². The van der Waals surface area contributed by atoms with Gasteiger partial charge in [0.25, 0.3) is 5.91 Å². The molecule has 0 aliphatic heterocycles. The molecule has 0 atom stereocenters. The average molecular weight is 223 g/mol. The predicted molar refractivity (Wildman–Crippen MR) is 58.8 cm³/mol. The van der Waals surface area contributed by atoms with Gasteiger partial charge in [0.05, 0.1) is 13.7 Å². The van der Waals surface area contributed by atoms with E-state index in [1.807, 2.05) is 0 Å². The highest BCUT2D eigenvalue weighted by molar-refractivity contribution is 5.86. The van der Waals surface area contributed by atoms with E-state index in [1.165, 1.54) is 30.4 Å². The van der Waals surface area contributed by atoms with Crippen molar-refractivity contribution in [1.82, 2.24) is 5.06 Å². The number of benzene rings is 1. The largest absolute Gasteiger partial charge is 0.274 e. The first-order chi connectivity index (χ1) is 7.67. The van der Waals surface area contributed by atoms with E-state index in [9.17, 15) is 9.18 Å². The van der Waals surface area contributed by atoms with Crippen LogP contribution < -0.4 is 0 Å². The molecule has 16 heavy (non-hydrogen) atoms. The number of rotatable bonds is 4. The van der Waals surface area contributed by atoms with Crippen LogP contribution in [-0.4, -0.2) is 18.1 Å². The van der Waals surface area contributed by atoms with Gasteiger partial charge in [-0.1, -0.05) is 18.2 Å². The van der Waals surface area contributed by atoms with Gasteiger partial charge >= 0.3 is 0 Å². The van der Waals surface area contributed by atoms with Crippen molar-refractivity contribution in [2.45, 2.75) is 13.5 Å². The summed E-state index contributed by atoms with van der Waals surface area (Å²) in [6.45, 7) is 2.05. The van der Waals surface area contributed by atoms with E-state index in [0.29, 0.717) is 6.54 Å². The van der Waals surface area contributed by atoms with Crippen molar-refractivity contribution in [2.24, 2.45) is 0 Å². The number of hydrogen-bond acceptors (Lipinski definition) is 2. The molecule has 0 heterocycles. The fourth-order valence-electron chi connectivity index (χ4n) is 1.21. The van der Waals surface area contributed by atoms with E-state index in [0.717, 1.165) is 5.56 Å². The van der Waals surface area contributed by atoms with Gasteiger partial charge in [0.2, 0.25) is 0 Å². The lowest BCUT2D eigenvalue weighted by molar-refractivity contribution is -0.173. The van der Waals surface area contributed by atoms with Crippen LogP contribution in [0.1, 0.15) is 12.5 Å². The van der Waals surface area contributed by atoms with Crippen LogP contribution in [0.3, 0.4) is 0 Å². The fraction of sp³-hybridized carbons (Fsp3) is 0.250. The molecule has 0 saturated heterocycles. The van der Waals surface area contributed by atoms with Gasteiger partial charge in [-0.25, -0.2) is 9.45 Å². The molecule has 1 aromatic carbocycles. The van der Waals surface area contributed by atoms with Crippen LogP contribution in [-0.2, 0) is 16.2 Å². The number of amides is 1. The number of halogens is 1. The van der Waals surface area contributed by atoms with Crippen molar-refractivity contribution >= 4 is 5.91 Å².